The third-order valence-corrected chi connectivity index (χ3v) is 3.24. The van der Waals surface area contributed by atoms with E-state index in [9.17, 15) is 9.59 Å². The van der Waals surface area contributed by atoms with Crippen molar-refractivity contribution in [1.82, 2.24) is 10.2 Å². The van der Waals surface area contributed by atoms with E-state index in [0.29, 0.717) is 5.56 Å². The van der Waals surface area contributed by atoms with Gasteiger partial charge in [0.25, 0.3) is 5.91 Å². The van der Waals surface area contributed by atoms with Crippen molar-refractivity contribution in [3.05, 3.63) is 41.5 Å². The van der Waals surface area contributed by atoms with Crippen LogP contribution in [0.4, 0.5) is 0 Å². The Kier molecular flexibility index (Phi) is 4.34. The van der Waals surface area contributed by atoms with Crippen molar-refractivity contribution >= 4 is 17.9 Å². The Hall–Kier alpha value is -2.10. The number of carbonyl (C=O) groups excluding carboxylic acids is 2. The van der Waals surface area contributed by atoms with Gasteiger partial charge in [-0.1, -0.05) is 12.1 Å². The fourth-order valence-corrected chi connectivity index (χ4v) is 2.10. The lowest BCUT2D eigenvalue weighted by Gasteiger charge is -2.11. The molecule has 0 unspecified atom stereocenters. The first kappa shape index (κ1) is 13.3. The molecule has 2 amide bonds. The number of hydrogen-bond donors (Lipinski definition) is 1. The fraction of sp³-hybridized carbons (Fsp3) is 0.333. The zero-order chi connectivity index (χ0) is 13.7. The van der Waals surface area contributed by atoms with E-state index >= 15 is 0 Å². The van der Waals surface area contributed by atoms with Crippen molar-refractivity contribution in [2.45, 2.75) is 12.8 Å². The van der Waals surface area contributed by atoms with Gasteiger partial charge in [-0.15, -0.1) is 0 Å². The summed E-state index contributed by atoms with van der Waals surface area (Å²) in [4.78, 5) is 25.0. The molecule has 1 aromatic rings. The SMILES string of the molecule is CNC(=O)c1ccc(/C=C/C(=O)N2CCCC2)cc1. The highest BCUT2D eigenvalue weighted by Gasteiger charge is 2.14. The maximum absolute atomic E-state index is 11.8. The summed E-state index contributed by atoms with van der Waals surface area (Å²) in [6.07, 6.45) is 5.58. The Labute approximate surface area is 113 Å². The van der Waals surface area contributed by atoms with Crippen LogP contribution < -0.4 is 5.32 Å². The van der Waals surface area contributed by atoms with Crippen LogP contribution in [-0.2, 0) is 4.79 Å². The molecule has 1 saturated heterocycles. The molecule has 4 nitrogen and oxygen atoms in total. The number of amides is 2. The lowest BCUT2D eigenvalue weighted by Crippen LogP contribution is -2.25. The van der Waals surface area contributed by atoms with Crippen molar-refractivity contribution in [3.63, 3.8) is 0 Å². The van der Waals surface area contributed by atoms with Gasteiger partial charge in [0.15, 0.2) is 0 Å². The summed E-state index contributed by atoms with van der Waals surface area (Å²) in [7, 11) is 1.60. The maximum Gasteiger partial charge on any atom is 0.251 e. The topological polar surface area (TPSA) is 49.4 Å². The summed E-state index contributed by atoms with van der Waals surface area (Å²) < 4.78 is 0. The third kappa shape index (κ3) is 3.44. The second-order valence-electron chi connectivity index (χ2n) is 4.57. The van der Waals surface area contributed by atoms with Gasteiger partial charge in [-0.2, -0.15) is 0 Å². The fourth-order valence-electron chi connectivity index (χ4n) is 2.10. The molecular weight excluding hydrogens is 240 g/mol. The molecule has 1 aliphatic rings. The van der Waals surface area contributed by atoms with Crippen LogP contribution >= 0.6 is 0 Å². The Bertz CT molecular complexity index is 485. The van der Waals surface area contributed by atoms with Gasteiger partial charge in [0.2, 0.25) is 5.91 Å². The van der Waals surface area contributed by atoms with Gasteiger partial charge >= 0.3 is 0 Å². The van der Waals surface area contributed by atoms with Crippen LogP contribution in [0.2, 0.25) is 0 Å². The van der Waals surface area contributed by atoms with Crippen molar-refractivity contribution in [1.29, 1.82) is 0 Å². The molecule has 1 aliphatic heterocycles. The van der Waals surface area contributed by atoms with E-state index in [1.54, 1.807) is 31.3 Å². The number of nitrogens with one attached hydrogen (secondary N) is 1. The van der Waals surface area contributed by atoms with Gasteiger partial charge in [0.1, 0.15) is 0 Å². The van der Waals surface area contributed by atoms with E-state index in [-0.39, 0.29) is 11.8 Å². The lowest BCUT2D eigenvalue weighted by atomic mass is 10.1. The van der Waals surface area contributed by atoms with Crippen molar-refractivity contribution in [3.8, 4) is 0 Å². The third-order valence-electron chi connectivity index (χ3n) is 3.24. The zero-order valence-corrected chi connectivity index (χ0v) is 11.1. The highest BCUT2D eigenvalue weighted by atomic mass is 16.2. The number of rotatable bonds is 3. The van der Waals surface area contributed by atoms with E-state index in [4.69, 9.17) is 0 Å². The molecule has 19 heavy (non-hydrogen) atoms. The Morgan fingerprint density at radius 3 is 2.37 bits per heavy atom. The summed E-state index contributed by atoms with van der Waals surface area (Å²) in [6.45, 7) is 1.72. The van der Waals surface area contributed by atoms with Gasteiger partial charge in [0, 0.05) is 31.8 Å². The molecule has 0 aromatic heterocycles. The Morgan fingerprint density at radius 2 is 1.79 bits per heavy atom. The van der Waals surface area contributed by atoms with Crippen molar-refractivity contribution in [2.75, 3.05) is 20.1 Å². The van der Waals surface area contributed by atoms with Crippen LogP contribution in [0.5, 0.6) is 0 Å². The van der Waals surface area contributed by atoms with E-state index < -0.39 is 0 Å². The monoisotopic (exact) mass is 258 g/mol. The highest BCUT2D eigenvalue weighted by molar-refractivity contribution is 5.94. The first-order chi connectivity index (χ1) is 9.20. The summed E-state index contributed by atoms with van der Waals surface area (Å²) in [5.74, 6) is -0.0449. The molecule has 0 atom stereocenters. The average Bonchev–Trinajstić information content (AvgIpc) is 2.98. The van der Waals surface area contributed by atoms with Gasteiger partial charge in [-0.25, -0.2) is 0 Å². The summed E-state index contributed by atoms with van der Waals surface area (Å²) in [5, 5.41) is 2.57. The molecule has 4 heteroatoms. The summed E-state index contributed by atoms with van der Waals surface area (Å²) in [6, 6.07) is 7.16. The van der Waals surface area contributed by atoms with E-state index in [2.05, 4.69) is 5.32 Å². The van der Waals surface area contributed by atoms with Gasteiger partial charge in [0.05, 0.1) is 0 Å². The quantitative estimate of drug-likeness (QED) is 0.839. The standard InChI is InChI=1S/C15H18N2O2/c1-16-15(19)13-7-4-12(5-8-13)6-9-14(18)17-10-2-3-11-17/h4-9H,2-3,10-11H2,1H3,(H,16,19)/b9-6+. The van der Waals surface area contributed by atoms with Gasteiger partial charge < -0.3 is 10.2 Å². The molecule has 1 aromatic carbocycles. The molecular formula is C15H18N2O2. The van der Waals surface area contributed by atoms with Crippen molar-refractivity contribution < 1.29 is 9.59 Å². The van der Waals surface area contributed by atoms with Crippen LogP contribution in [0.25, 0.3) is 6.08 Å². The molecule has 0 spiro atoms. The van der Waals surface area contributed by atoms with Gasteiger partial charge in [-0.3, -0.25) is 9.59 Å². The largest absolute Gasteiger partial charge is 0.355 e. The minimum atomic E-state index is -0.108. The van der Waals surface area contributed by atoms with Crippen molar-refractivity contribution in [2.24, 2.45) is 0 Å². The van der Waals surface area contributed by atoms with E-state index in [1.807, 2.05) is 17.0 Å². The van der Waals surface area contributed by atoms with Crippen LogP contribution in [0.3, 0.4) is 0 Å². The molecule has 1 fully saturated rings. The maximum atomic E-state index is 11.8. The van der Waals surface area contributed by atoms with Crippen LogP contribution in [0, 0.1) is 0 Å². The molecule has 0 bridgehead atoms. The minimum absolute atomic E-state index is 0.0628. The summed E-state index contributed by atoms with van der Waals surface area (Å²) in [5.41, 5.74) is 1.53. The lowest BCUT2D eigenvalue weighted by molar-refractivity contribution is -0.124. The predicted octanol–water partition coefficient (Wildman–Crippen LogP) is 1.68. The Morgan fingerprint density at radius 1 is 1.16 bits per heavy atom. The second-order valence-corrected chi connectivity index (χ2v) is 4.57. The van der Waals surface area contributed by atoms with E-state index in [1.165, 1.54) is 0 Å². The van der Waals surface area contributed by atoms with E-state index in [0.717, 1.165) is 31.5 Å². The normalized spacial score (nSPS) is 14.9. The van der Waals surface area contributed by atoms with Crippen LogP contribution in [0.15, 0.2) is 30.3 Å². The smallest absolute Gasteiger partial charge is 0.251 e. The first-order valence-electron chi connectivity index (χ1n) is 6.50. The molecule has 1 N–H and O–H groups in total. The average molecular weight is 258 g/mol. The molecule has 0 radical (unpaired) electrons. The number of carbonyl (C=O) groups is 2. The number of likely N-dealkylation sites (tertiary alicyclic amines) is 1. The zero-order valence-electron chi connectivity index (χ0n) is 11.1. The summed E-state index contributed by atoms with van der Waals surface area (Å²) >= 11 is 0. The van der Waals surface area contributed by atoms with Gasteiger partial charge in [-0.05, 0) is 36.6 Å². The molecule has 0 saturated carbocycles. The van der Waals surface area contributed by atoms with Crippen LogP contribution in [-0.4, -0.2) is 36.9 Å². The Balaban J connectivity index is 1.98. The molecule has 2 rings (SSSR count). The number of nitrogens with zero attached hydrogens (tertiary/aromatic N) is 1. The van der Waals surface area contributed by atoms with Crippen LogP contribution in [0.1, 0.15) is 28.8 Å². The minimum Gasteiger partial charge on any atom is -0.355 e. The second kappa shape index (κ2) is 6.18. The molecule has 100 valence electrons. The highest BCUT2D eigenvalue weighted by Crippen LogP contribution is 2.10. The number of benzene rings is 1. The molecule has 0 aliphatic carbocycles. The number of hydrogen-bond acceptors (Lipinski definition) is 2. The first-order valence-corrected chi connectivity index (χ1v) is 6.50. The predicted molar refractivity (Wildman–Crippen MR) is 74.7 cm³/mol. The molecule has 1 heterocycles.